The molecule has 2 N–H and O–H groups in total. The number of hydrogen-bond donors (Lipinski definition) is 2. The Bertz CT molecular complexity index is 791. The molecular weight excluding hydrogens is 272 g/mol. The number of carboxylic acids is 1. The van der Waals surface area contributed by atoms with Crippen LogP contribution in [0.2, 0.25) is 0 Å². The van der Waals surface area contributed by atoms with E-state index < -0.39 is 11.9 Å². The van der Waals surface area contributed by atoms with Crippen LogP contribution in [-0.4, -0.2) is 31.4 Å². The lowest BCUT2D eigenvalue weighted by Gasteiger charge is -2.02. The van der Waals surface area contributed by atoms with Gasteiger partial charge in [-0.25, -0.2) is 14.8 Å². The van der Waals surface area contributed by atoms with Gasteiger partial charge in [0.25, 0.3) is 5.91 Å². The van der Waals surface area contributed by atoms with Gasteiger partial charge in [-0.3, -0.25) is 4.79 Å². The summed E-state index contributed by atoms with van der Waals surface area (Å²) in [6.45, 7) is 0. The van der Waals surface area contributed by atoms with Gasteiger partial charge in [0.2, 0.25) is 0 Å². The van der Waals surface area contributed by atoms with E-state index in [0.29, 0.717) is 5.65 Å². The Kier molecular flexibility index (Phi) is 3.07. The van der Waals surface area contributed by atoms with Crippen molar-refractivity contribution in [3.63, 3.8) is 0 Å². The number of carbonyl (C=O) groups excluding carboxylic acids is 1. The van der Waals surface area contributed by atoms with Crippen molar-refractivity contribution < 1.29 is 14.7 Å². The highest BCUT2D eigenvalue weighted by atomic mass is 16.4. The van der Waals surface area contributed by atoms with Crippen molar-refractivity contribution in [2.24, 2.45) is 0 Å². The van der Waals surface area contributed by atoms with Crippen molar-refractivity contribution in [3.05, 3.63) is 60.2 Å². The number of rotatable bonds is 3. The van der Waals surface area contributed by atoms with Gasteiger partial charge in [-0.15, -0.1) is 0 Å². The molecule has 21 heavy (non-hydrogen) atoms. The first-order valence-corrected chi connectivity index (χ1v) is 6.08. The first kappa shape index (κ1) is 12.8. The van der Waals surface area contributed by atoms with Crippen LogP contribution in [0.1, 0.15) is 20.8 Å². The number of nitrogens with zero attached hydrogens (tertiary/aromatic N) is 3. The zero-order valence-corrected chi connectivity index (χ0v) is 10.7. The van der Waals surface area contributed by atoms with Gasteiger partial charge in [0.15, 0.2) is 0 Å². The Balaban J connectivity index is 1.80. The number of carbonyl (C=O) groups is 2. The Morgan fingerprint density at radius 1 is 1.19 bits per heavy atom. The summed E-state index contributed by atoms with van der Waals surface area (Å²) in [6, 6.07) is 8.25. The lowest BCUT2D eigenvalue weighted by atomic mass is 10.3. The van der Waals surface area contributed by atoms with Crippen LogP contribution in [0.5, 0.6) is 0 Å². The van der Waals surface area contributed by atoms with E-state index in [1.165, 1.54) is 18.3 Å². The van der Waals surface area contributed by atoms with E-state index in [-0.39, 0.29) is 17.1 Å². The molecule has 0 aliphatic rings. The second-order valence-corrected chi connectivity index (χ2v) is 4.28. The molecule has 0 radical (unpaired) electrons. The van der Waals surface area contributed by atoms with Crippen molar-refractivity contribution in [1.82, 2.24) is 14.4 Å². The van der Waals surface area contributed by atoms with Crippen LogP contribution < -0.4 is 5.32 Å². The van der Waals surface area contributed by atoms with Crippen molar-refractivity contribution in [2.75, 3.05) is 5.32 Å². The molecular formula is C14H10N4O3. The topological polar surface area (TPSA) is 96.6 Å². The number of aromatic nitrogens is 3. The minimum absolute atomic E-state index is 0.0562. The molecule has 3 aromatic heterocycles. The van der Waals surface area contributed by atoms with Crippen LogP contribution in [0.15, 0.2) is 48.9 Å². The fourth-order valence-corrected chi connectivity index (χ4v) is 1.82. The minimum Gasteiger partial charge on any atom is -0.478 e. The van der Waals surface area contributed by atoms with Gasteiger partial charge < -0.3 is 14.8 Å². The average Bonchev–Trinajstić information content (AvgIpc) is 2.92. The molecule has 3 rings (SSSR count). The standard InChI is InChI=1S/C14H10N4O3/c19-13(10-8-18-6-2-1-3-12(18)16-10)17-11-5-4-9(7-15-11)14(20)21/h1-8H,(H,20,21)(H,15,17,19). The highest BCUT2D eigenvalue weighted by Gasteiger charge is 2.12. The van der Waals surface area contributed by atoms with E-state index >= 15 is 0 Å². The first-order valence-electron chi connectivity index (χ1n) is 6.08. The number of nitrogens with one attached hydrogen (secondary N) is 1. The molecule has 0 aliphatic heterocycles. The second kappa shape index (κ2) is 5.04. The predicted octanol–water partition coefficient (Wildman–Crippen LogP) is 1.68. The summed E-state index contributed by atoms with van der Waals surface area (Å²) in [7, 11) is 0. The third-order valence-corrected chi connectivity index (χ3v) is 2.85. The maximum atomic E-state index is 12.1. The number of fused-ring (bicyclic) bond motifs is 1. The van der Waals surface area contributed by atoms with Crippen LogP contribution in [0.4, 0.5) is 5.82 Å². The molecule has 1 amide bonds. The molecule has 104 valence electrons. The van der Waals surface area contributed by atoms with E-state index in [1.54, 1.807) is 22.9 Å². The lowest BCUT2D eigenvalue weighted by Crippen LogP contribution is -2.13. The number of hydrogen-bond acceptors (Lipinski definition) is 4. The first-order chi connectivity index (χ1) is 10.1. The van der Waals surface area contributed by atoms with Crippen LogP contribution in [-0.2, 0) is 0 Å². The zero-order valence-electron chi connectivity index (χ0n) is 10.7. The number of imidazole rings is 1. The quantitative estimate of drug-likeness (QED) is 0.761. The number of pyridine rings is 2. The van der Waals surface area contributed by atoms with E-state index in [9.17, 15) is 9.59 Å². The van der Waals surface area contributed by atoms with E-state index in [2.05, 4.69) is 15.3 Å². The van der Waals surface area contributed by atoms with Gasteiger partial charge in [0.05, 0.1) is 5.56 Å². The Morgan fingerprint density at radius 2 is 2.05 bits per heavy atom. The summed E-state index contributed by atoms with van der Waals surface area (Å²) >= 11 is 0. The molecule has 3 heterocycles. The molecule has 3 aromatic rings. The highest BCUT2D eigenvalue weighted by Crippen LogP contribution is 2.09. The number of amides is 1. The summed E-state index contributed by atoms with van der Waals surface area (Å²) in [5.74, 6) is -1.21. The number of anilines is 1. The van der Waals surface area contributed by atoms with Gasteiger partial charge in [0, 0.05) is 18.6 Å². The van der Waals surface area contributed by atoms with E-state index in [1.807, 2.05) is 12.1 Å². The van der Waals surface area contributed by atoms with Gasteiger partial charge in [-0.2, -0.15) is 0 Å². The highest BCUT2D eigenvalue weighted by molar-refractivity contribution is 6.02. The minimum atomic E-state index is -1.07. The lowest BCUT2D eigenvalue weighted by molar-refractivity contribution is 0.0696. The van der Waals surface area contributed by atoms with Crippen molar-refractivity contribution in [1.29, 1.82) is 0 Å². The molecule has 0 unspecified atom stereocenters. The molecule has 0 fully saturated rings. The van der Waals surface area contributed by atoms with Crippen LogP contribution >= 0.6 is 0 Å². The Labute approximate surface area is 118 Å². The molecule has 0 aliphatic carbocycles. The predicted molar refractivity (Wildman–Crippen MR) is 74.3 cm³/mol. The molecule has 7 heteroatoms. The van der Waals surface area contributed by atoms with Crippen LogP contribution in [0, 0.1) is 0 Å². The second-order valence-electron chi connectivity index (χ2n) is 4.28. The van der Waals surface area contributed by atoms with Crippen molar-refractivity contribution in [2.45, 2.75) is 0 Å². The third-order valence-electron chi connectivity index (χ3n) is 2.85. The van der Waals surface area contributed by atoms with Gasteiger partial charge >= 0.3 is 5.97 Å². The molecule has 0 spiro atoms. The number of carboxylic acid groups (broad SMARTS) is 1. The van der Waals surface area contributed by atoms with Crippen LogP contribution in [0.3, 0.4) is 0 Å². The van der Waals surface area contributed by atoms with E-state index in [4.69, 9.17) is 5.11 Å². The Morgan fingerprint density at radius 3 is 2.71 bits per heavy atom. The van der Waals surface area contributed by atoms with Gasteiger partial charge in [0.1, 0.15) is 17.2 Å². The fraction of sp³-hybridized carbons (Fsp3) is 0. The van der Waals surface area contributed by atoms with Gasteiger partial charge in [-0.1, -0.05) is 6.07 Å². The monoisotopic (exact) mass is 282 g/mol. The summed E-state index contributed by atoms with van der Waals surface area (Å²) in [6.07, 6.45) is 4.58. The summed E-state index contributed by atoms with van der Waals surface area (Å²) in [4.78, 5) is 30.8. The molecule has 0 bridgehead atoms. The van der Waals surface area contributed by atoms with Gasteiger partial charge in [-0.05, 0) is 24.3 Å². The summed E-state index contributed by atoms with van der Waals surface area (Å²) in [5, 5.41) is 11.3. The third kappa shape index (κ3) is 2.57. The largest absolute Gasteiger partial charge is 0.478 e. The molecule has 7 nitrogen and oxygen atoms in total. The summed E-state index contributed by atoms with van der Waals surface area (Å²) in [5.41, 5.74) is 0.975. The summed E-state index contributed by atoms with van der Waals surface area (Å²) < 4.78 is 1.73. The zero-order chi connectivity index (χ0) is 14.8. The van der Waals surface area contributed by atoms with Crippen molar-refractivity contribution in [3.8, 4) is 0 Å². The molecule has 0 saturated carbocycles. The fourth-order valence-electron chi connectivity index (χ4n) is 1.82. The normalized spacial score (nSPS) is 10.5. The smallest absolute Gasteiger partial charge is 0.337 e. The molecule has 0 saturated heterocycles. The van der Waals surface area contributed by atoms with Crippen molar-refractivity contribution >= 4 is 23.3 Å². The van der Waals surface area contributed by atoms with Crippen LogP contribution in [0.25, 0.3) is 5.65 Å². The average molecular weight is 282 g/mol. The maximum Gasteiger partial charge on any atom is 0.337 e. The number of aromatic carboxylic acids is 1. The van der Waals surface area contributed by atoms with E-state index in [0.717, 1.165) is 0 Å². The molecule has 0 atom stereocenters. The molecule has 0 aromatic carbocycles. The maximum absolute atomic E-state index is 12.1. The Hall–Kier alpha value is -3.22. The SMILES string of the molecule is O=C(O)c1ccc(NC(=O)c2cn3ccccc3n2)nc1.